The molecule has 2 aliphatic rings. The molecule has 6 nitrogen and oxygen atoms in total. The lowest BCUT2D eigenvalue weighted by molar-refractivity contribution is -0.137. The predicted octanol–water partition coefficient (Wildman–Crippen LogP) is 1.68. The van der Waals surface area contributed by atoms with Gasteiger partial charge in [-0.2, -0.15) is 4.98 Å². The lowest BCUT2D eigenvalue weighted by Gasteiger charge is -2.15. The van der Waals surface area contributed by atoms with Crippen LogP contribution in [0.15, 0.2) is 45.9 Å². The van der Waals surface area contributed by atoms with E-state index in [1.165, 1.54) is 11.8 Å². The van der Waals surface area contributed by atoms with Gasteiger partial charge in [-0.15, -0.1) is 0 Å². The van der Waals surface area contributed by atoms with E-state index in [2.05, 4.69) is 4.98 Å². The van der Waals surface area contributed by atoms with Crippen LogP contribution in [0.5, 0.6) is 0 Å². The smallest absolute Gasteiger partial charge is 0.323 e. The number of allylic oxidation sites excluding steroid dienone is 3. The molecule has 3 rings (SSSR count). The molecule has 1 aromatic rings. The number of aromatic nitrogens is 2. The molecule has 0 saturated heterocycles. The van der Waals surface area contributed by atoms with Crippen molar-refractivity contribution < 1.29 is 9.90 Å². The van der Waals surface area contributed by atoms with Crippen LogP contribution in [-0.2, 0) is 24.2 Å². The Balaban J connectivity index is 1.87. The Morgan fingerprint density at radius 3 is 3.00 bits per heavy atom. The van der Waals surface area contributed by atoms with Gasteiger partial charge in [0, 0.05) is 17.0 Å². The summed E-state index contributed by atoms with van der Waals surface area (Å²) in [5.74, 6) is -0.348. The number of nitrogens with zero attached hydrogens (tertiary/aromatic N) is 2. The monoisotopic (exact) mass is 359 g/mol. The van der Waals surface area contributed by atoms with Crippen LogP contribution in [0.3, 0.4) is 0 Å². The lowest BCUT2D eigenvalue weighted by Crippen LogP contribution is -2.30. The minimum atomic E-state index is -0.934. The highest BCUT2D eigenvalue weighted by Gasteiger charge is 2.23. The fourth-order valence-corrected chi connectivity index (χ4v) is 3.98. The standard InChI is InChI=1S/C18H21N3O3S/c1-18(19)8-3-4-12(7-9-18)11-25-17-20-16(24)13-5-2-6-14(13)21(17)10-15(22)23/h3-4,7-9H,2,5-6,10-11,19H2,1H3,(H,22,23). The number of carboxylic acids is 1. The number of hydrogen-bond donors (Lipinski definition) is 2. The molecule has 25 heavy (non-hydrogen) atoms. The Hall–Kier alpha value is -2.12. The topological polar surface area (TPSA) is 98.2 Å². The number of nitrogens with two attached hydrogens (primary N) is 1. The van der Waals surface area contributed by atoms with E-state index < -0.39 is 11.5 Å². The van der Waals surface area contributed by atoms with Crippen molar-refractivity contribution in [3.63, 3.8) is 0 Å². The van der Waals surface area contributed by atoms with Crippen molar-refractivity contribution in [1.29, 1.82) is 0 Å². The van der Waals surface area contributed by atoms with Gasteiger partial charge >= 0.3 is 5.97 Å². The maximum absolute atomic E-state index is 12.2. The predicted molar refractivity (Wildman–Crippen MR) is 97.8 cm³/mol. The molecular weight excluding hydrogens is 338 g/mol. The largest absolute Gasteiger partial charge is 0.480 e. The van der Waals surface area contributed by atoms with Gasteiger partial charge < -0.3 is 15.4 Å². The van der Waals surface area contributed by atoms with Crippen LogP contribution in [0, 0.1) is 0 Å². The third kappa shape index (κ3) is 4.11. The first-order valence-corrected chi connectivity index (χ1v) is 9.18. The lowest BCUT2D eigenvalue weighted by atomic mass is 10.0. The van der Waals surface area contributed by atoms with Crippen molar-refractivity contribution in [2.45, 2.75) is 43.4 Å². The molecule has 0 fully saturated rings. The second-order valence-corrected chi connectivity index (χ2v) is 7.49. The van der Waals surface area contributed by atoms with Gasteiger partial charge in [0.05, 0.1) is 5.54 Å². The summed E-state index contributed by atoms with van der Waals surface area (Å²) in [6.45, 7) is 1.74. The minimum absolute atomic E-state index is 0.173. The van der Waals surface area contributed by atoms with Crippen LogP contribution in [0.4, 0.5) is 0 Å². The van der Waals surface area contributed by atoms with Crippen LogP contribution in [0.25, 0.3) is 0 Å². The molecule has 1 atom stereocenters. The average molecular weight is 359 g/mol. The van der Waals surface area contributed by atoms with E-state index in [-0.39, 0.29) is 12.1 Å². The molecule has 0 aliphatic heterocycles. The van der Waals surface area contributed by atoms with E-state index in [4.69, 9.17) is 5.73 Å². The number of carboxylic acid groups (broad SMARTS) is 1. The van der Waals surface area contributed by atoms with Gasteiger partial charge in [-0.25, -0.2) is 0 Å². The Labute approximate surface area is 150 Å². The zero-order chi connectivity index (χ0) is 18.0. The highest BCUT2D eigenvalue weighted by Crippen LogP contribution is 2.26. The summed E-state index contributed by atoms with van der Waals surface area (Å²) in [6.07, 6.45) is 11.9. The first kappa shape index (κ1) is 17.7. The van der Waals surface area contributed by atoms with Gasteiger partial charge in [-0.3, -0.25) is 9.59 Å². The molecule has 0 amide bonds. The van der Waals surface area contributed by atoms with Gasteiger partial charge in [0.2, 0.25) is 0 Å². The Morgan fingerprint density at radius 1 is 1.44 bits per heavy atom. The summed E-state index contributed by atoms with van der Waals surface area (Å²) in [7, 11) is 0. The highest BCUT2D eigenvalue weighted by atomic mass is 32.2. The van der Waals surface area contributed by atoms with Crippen LogP contribution in [-0.4, -0.2) is 31.9 Å². The summed E-state index contributed by atoms with van der Waals surface area (Å²) >= 11 is 1.38. The first-order valence-electron chi connectivity index (χ1n) is 8.19. The molecule has 7 heteroatoms. The highest BCUT2D eigenvalue weighted by molar-refractivity contribution is 7.99. The number of fused-ring (bicyclic) bond motifs is 1. The third-order valence-electron chi connectivity index (χ3n) is 4.28. The molecule has 1 aromatic heterocycles. The van der Waals surface area contributed by atoms with Crippen molar-refractivity contribution in [2.75, 3.05) is 5.75 Å². The fraction of sp³-hybridized carbons (Fsp3) is 0.389. The average Bonchev–Trinajstić information content (AvgIpc) is 2.96. The summed E-state index contributed by atoms with van der Waals surface area (Å²) in [5, 5.41) is 9.69. The Kier molecular flexibility index (Phi) is 4.96. The molecule has 0 aromatic carbocycles. The van der Waals surface area contributed by atoms with E-state index in [1.54, 1.807) is 4.57 Å². The molecule has 2 aliphatic carbocycles. The molecule has 1 unspecified atom stereocenters. The van der Waals surface area contributed by atoms with Gasteiger partial charge in [0.1, 0.15) is 6.54 Å². The number of aliphatic carboxylic acids is 1. The molecule has 0 bridgehead atoms. The third-order valence-corrected chi connectivity index (χ3v) is 5.33. The summed E-state index contributed by atoms with van der Waals surface area (Å²) in [6, 6.07) is 0. The molecule has 0 saturated carbocycles. The minimum Gasteiger partial charge on any atom is -0.480 e. The maximum atomic E-state index is 12.2. The van der Waals surface area contributed by atoms with Crippen LogP contribution in [0.1, 0.15) is 24.6 Å². The summed E-state index contributed by atoms with van der Waals surface area (Å²) in [4.78, 5) is 27.6. The van der Waals surface area contributed by atoms with Gasteiger partial charge in [0.15, 0.2) is 5.16 Å². The number of rotatable bonds is 5. The Bertz CT molecular complexity index is 850. The Morgan fingerprint density at radius 2 is 2.24 bits per heavy atom. The van der Waals surface area contributed by atoms with Crippen LogP contribution in [0.2, 0.25) is 0 Å². The second kappa shape index (κ2) is 7.01. The summed E-state index contributed by atoms with van der Waals surface area (Å²) in [5.41, 5.74) is 7.89. The van der Waals surface area contributed by atoms with Gasteiger partial charge in [-0.05, 0) is 31.8 Å². The van der Waals surface area contributed by atoms with Crippen molar-refractivity contribution in [1.82, 2.24) is 9.55 Å². The van der Waals surface area contributed by atoms with E-state index in [9.17, 15) is 14.7 Å². The zero-order valence-corrected chi connectivity index (χ0v) is 14.9. The molecule has 0 radical (unpaired) electrons. The second-order valence-electron chi connectivity index (χ2n) is 6.55. The molecular formula is C18H21N3O3S. The van der Waals surface area contributed by atoms with Gasteiger partial charge in [0.25, 0.3) is 5.56 Å². The zero-order valence-electron chi connectivity index (χ0n) is 14.1. The fourth-order valence-electron chi connectivity index (χ4n) is 3.02. The van der Waals surface area contributed by atoms with Crippen molar-refractivity contribution in [3.05, 3.63) is 57.6 Å². The van der Waals surface area contributed by atoms with Crippen LogP contribution < -0.4 is 11.3 Å². The number of carbonyl (C=O) groups is 1. The molecule has 132 valence electrons. The van der Waals surface area contributed by atoms with E-state index in [0.29, 0.717) is 22.9 Å². The van der Waals surface area contributed by atoms with Crippen LogP contribution >= 0.6 is 11.8 Å². The SMILES string of the molecule is CC1(N)C=CC=C(CSc2nc(=O)c3c(n2CC(=O)O)CCC3)C=C1. The molecule has 0 spiro atoms. The first-order chi connectivity index (χ1) is 11.9. The maximum Gasteiger partial charge on any atom is 0.323 e. The van der Waals surface area contributed by atoms with E-state index in [1.807, 2.05) is 37.3 Å². The molecule has 1 heterocycles. The van der Waals surface area contributed by atoms with E-state index >= 15 is 0 Å². The van der Waals surface area contributed by atoms with E-state index in [0.717, 1.165) is 24.1 Å². The van der Waals surface area contributed by atoms with Gasteiger partial charge in [-0.1, -0.05) is 42.1 Å². The number of thioether (sulfide) groups is 1. The van der Waals surface area contributed by atoms with Crippen molar-refractivity contribution >= 4 is 17.7 Å². The van der Waals surface area contributed by atoms with Crippen molar-refractivity contribution in [2.24, 2.45) is 5.73 Å². The quantitative estimate of drug-likeness (QED) is 0.613. The normalized spacial score (nSPS) is 21.8. The summed E-state index contributed by atoms with van der Waals surface area (Å²) < 4.78 is 1.68. The molecule has 3 N–H and O–H groups in total. The number of hydrogen-bond acceptors (Lipinski definition) is 5. The van der Waals surface area contributed by atoms with Crippen molar-refractivity contribution in [3.8, 4) is 0 Å².